The number of benzene rings is 1. The van der Waals surface area contributed by atoms with Crippen LogP contribution >= 0.6 is 0 Å². The summed E-state index contributed by atoms with van der Waals surface area (Å²) in [5.41, 5.74) is 1.86. The van der Waals surface area contributed by atoms with Crippen molar-refractivity contribution in [3.05, 3.63) is 51.8 Å². The Balaban J connectivity index is 2.01. The predicted molar refractivity (Wildman–Crippen MR) is 73.4 cm³/mol. The van der Waals surface area contributed by atoms with Gasteiger partial charge in [0, 0.05) is 32.4 Å². The number of methoxy groups -OCH3 is 1. The average molecular weight is 276 g/mol. The van der Waals surface area contributed by atoms with E-state index in [1.807, 2.05) is 19.2 Å². The normalized spacial score (nSPS) is 10.5. The highest BCUT2D eigenvalue weighted by molar-refractivity contribution is 5.48. The average Bonchev–Trinajstić information content (AvgIpc) is 2.84. The molecule has 0 aliphatic heterocycles. The second kappa shape index (κ2) is 6.16. The summed E-state index contributed by atoms with van der Waals surface area (Å²) in [7, 11) is 3.29. The third-order valence-corrected chi connectivity index (χ3v) is 3.00. The van der Waals surface area contributed by atoms with Crippen molar-refractivity contribution in [2.45, 2.75) is 13.1 Å². The number of nitrogens with one attached hydrogen (secondary N) is 1. The van der Waals surface area contributed by atoms with Gasteiger partial charge in [-0.05, 0) is 17.7 Å². The van der Waals surface area contributed by atoms with Crippen LogP contribution in [0.2, 0.25) is 0 Å². The van der Waals surface area contributed by atoms with Crippen LogP contribution in [0.25, 0.3) is 0 Å². The molecule has 7 nitrogen and oxygen atoms in total. The summed E-state index contributed by atoms with van der Waals surface area (Å²) in [6.07, 6.45) is 1.73. The van der Waals surface area contributed by atoms with Crippen molar-refractivity contribution in [2.75, 3.05) is 7.11 Å². The Kier molecular flexibility index (Phi) is 4.31. The van der Waals surface area contributed by atoms with E-state index in [1.54, 1.807) is 16.9 Å². The fraction of sp³-hybridized carbons (Fsp3) is 0.308. The van der Waals surface area contributed by atoms with Gasteiger partial charge in [0.15, 0.2) is 5.75 Å². The van der Waals surface area contributed by atoms with Crippen molar-refractivity contribution in [2.24, 2.45) is 7.05 Å². The smallest absolute Gasteiger partial charge is 0.311 e. The molecule has 0 atom stereocenters. The molecule has 20 heavy (non-hydrogen) atoms. The molecular weight excluding hydrogens is 260 g/mol. The van der Waals surface area contributed by atoms with E-state index < -0.39 is 4.92 Å². The Morgan fingerprint density at radius 2 is 2.20 bits per heavy atom. The van der Waals surface area contributed by atoms with Crippen LogP contribution in [0.5, 0.6) is 5.75 Å². The molecule has 1 heterocycles. The predicted octanol–water partition coefficient (Wildman–Crippen LogP) is 1.63. The van der Waals surface area contributed by atoms with Crippen molar-refractivity contribution < 1.29 is 9.66 Å². The van der Waals surface area contributed by atoms with E-state index in [0.29, 0.717) is 13.1 Å². The SMILES string of the molecule is COc1ccc(CNCc2ccnn2C)cc1[N+](=O)[O-]. The Morgan fingerprint density at radius 3 is 2.80 bits per heavy atom. The maximum Gasteiger partial charge on any atom is 0.311 e. The molecule has 0 spiro atoms. The van der Waals surface area contributed by atoms with E-state index in [2.05, 4.69) is 10.4 Å². The van der Waals surface area contributed by atoms with Crippen LogP contribution in [0, 0.1) is 10.1 Å². The van der Waals surface area contributed by atoms with Crippen LogP contribution < -0.4 is 10.1 Å². The minimum absolute atomic E-state index is 0.0210. The minimum Gasteiger partial charge on any atom is -0.490 e. The number of ether oxygens (including phenoxy) is 1. The number of nitro benzene ring substituents is 1. The number of hydrogen-bond acceptors (Lipinski definition) is 5. The van der Waals surface area contributed by atoms with Gasteiger partial charge in [0.1, 0.15) is 0 Å². The number of nitrogens with zero attached hydrogens (tertiary/aromatic N) is 3. The van der Waals surface area contributed by atoms with Gasteiger partial charge < -0.3 is 10.1 Å². The highest BCUT2D eigenvalue weighted by atomic mass is 16.6. The highest BCUT2D eigenvalue weighted by Gasteiger charge is 2.14. The van der Waals surface area contributed by atoms with Crippen LogP contribution in [-0.4, -0.2) is 21.8 Å². The van der Waals surface area contributed by atoms with Crippen molar-refractivity contribution in [3.63, 3.8) is 0 Å². The van der Waals surface area contributed by atoms with E-state index in [9.17, 15) is 10.1 Å². The van der Waals surface area contributed by atoms with Crippen LogP contribution in [-0.2, 0) is 20.1 Å². The van der Waals surface area contributed by atoms with Gasteiger partial charge in [-0.1, -0.05) is 6.07 Å². The third kappa shape index (κ3) is 3.12. The first-order chi connectivity index (χ1) is 9.61. The molecule has 0 aliphatic rings. The maximum atomic E-state index is 10.9. The molecule has 0 fully saturated rings. The van der Waals surface area contributed by atoms with Gasteiger partial charge in [0.05, 0.1) is 17.7 Å². The van der Waals surface area contributed by atoms with Gasteiger partial charge in [0.2, 0.25) is 0 Å². The van der Waals surface area contributed by atoms with Gasteiger partial charge in [-0.2, -0.15) is 5.10 Å². The first kappa shape index (κ1) is 14.0. The Hall–Kier alpha value is -2.41. The molecule has 7 heteroatoms. The van der Waals surface area contributed by atoms with Crippen molar-refractivity contribution >= 4 is 5.69 Å². The lowest BCUT2D eigenvalue weighted by Crippen LogP contribution is -2.15. The van der Waals surface area contributed by atoms with Gasteiger partial charge >= 0.3 is 5.69 Å². The molecule has 1 aromatic heterocycles. The summed E-state index contributed by atoms with van der Waals surface area (Å²) in [4.78, 5) is 10.5. The quantitative estimate of drug-likeness (QED) is 0.640. The van der Waals surface area contributed by atoms with Crippen molar-refractivity contribution in [1.82, 2.24) is 15.1 Å². The van der Waals surface area contributed by atoms with Crippen molar-refractivity contribution in [3.8, 4) is 5.75 Å². The Labute approximate surface area is 116 Å². The molecule has 0 radical (unpaired) electrons. The monoisotopic (exact) mass is 276 g/mol. The second-order valence-electron chi connectivity index (χ2n) is 4.31. The first-order valence-corrected chi connectivity index (χ1v) is 6.10. The molecule has 2 rings (SSSR count). The van der Waals surface area contributed by atoms with Gasteiger partial charge in [-0.3, -0.25) is 14.8 Å². The molecule has 0 saturated heterocycles. The third-order valence-electron chi connectivity index (χ3n) is 3.00. The van der Waals surface area contributed by atoms with Crippen LogP contribution in [0.15, 0.2) is 30.5 Å². The van der Waals surface area contributed by atoms with E-state index >= 15 is 0 Å². The highest BCUT2D eigenvalue weighted by Crippen LogP contribution is 2.27. The zero-order chi connectivity index (χ0) is 14.5. The van der Waals surface area contributed by atoms with Gasteiger partial charge in [-0.25, -0.2) is 0 Å². The number of nitro groups is 1. The minimum atomic E-state index is -0.441. The molecular formula is C13H16N4O3. The number of rotatable bonds is 6. The topological polar surface area (TPSA) is 82.2 Å². The molecule has 0 aliphatic carbocycles. The number of aromatic nitrogens is 2. The van der Waals surface area contributed by atoms with Crippen LogP contribution in [0.4, 0.5) is 5.69 Å². The van der Waals surface area contributed by atoms with Gasteiger partial charge in [-0.15, -0.1) is 0 Å². The molecule has 0 unspecified atom stereocenters. The zero-order valence-electron chi connectivity index (χ0n) is 11.4. The number of aryl methyl sites for hydroxylation is 1. The van der Waals surface area contributed by atoms with Crippen molar-refractivity contribution in [1.29, 1.82) is 0 Å². The zero-order valence-corrected chi connectivity index (χ0v) is 11.4. The van der Waals surface area contributed by atoms with E-state index in [-0.39, 0.29) is 11.4 Å². The van der Waals surface area contributed by atoms with Crippen LogP contribution in [0.1, 0.15) is 11.3 Å². The standard InChI is InChI=1S/C13H16N4O3/c1-16-11(5-6-15-16)9-14-8-10-3-4-13(20-2)12(7-10)17(18)19/h3-7,14H,8-9H2,1-2H3. The summed E-state index contributed by atoms with van der Waals surface area (Å²) in [6, 6.07) is 6.86. The molecule has 0 amide bonds. The summed E-state index contributed by atoms with van der Waals surface area (Å²) in [6.45, 7) is 1.19. The molecule has 2 aromatic rings. The summed E-state index contributed by atoms with van der Waals surface area (Å²) >= 11 is 0. The fourth-order valence-corrected chi connectivity index (χ4v) is 1.90. The first-order valence-electron chi connectivity index (χ1n) is 6.10. The Bertz CT molecular complexity index is 609. The molecule has 1 aromatic carbocycles. The summed E-state index contributed by atoms with van der Waals surface area (Å²) < 4.78 is 6.75. The lowest BCUT2D eigenvalue weighted by molar-refractivity contribution is -0.385. The Morgan fingerprint density at radius 1 is 1.40 bits per heavy atom. The molecule has 0 bridgehead atoms. The number of hydrogen-bond donors (Lipinski definition) is 1. The maximum absolute atomic E-state index is 10.9. The summed E-state index contributed by atoms with van der Waals surface area (Å²) in [5.74, 6) is 0.269. The molecule has 0 saturated carbocycles. The van der Waals surface area contributed by atoms with Crippen LogP contribution in [0.3, 0.4) is 0 Å². The van der Waals surface area contributed by atoms with E-state index in [0.717, 1.165) is 11.3 Å². The fourth-order valence-electron chi connectivity index (χ4n) is 1.90. The van der Waals surface area contributed by atoms with E-state index in [4.69, 9.17) is 4.74 Å². The van der Waals surface area contributed by atoms with E-state index in [1.165, 1.54) is 13.2 Å². The largest absolute Gasteiger partial charge is 0.490 e. The lowest BCUT2D eigenvalue weighted by Gasteiger charge is -2.07. The molecule has 106 valence electrons. The second-order valence-corrected chi connectivity index (χ2v) is 4.31. The molecule has 1 N–H and O–H groups in total. The van der Waals surface area contributed by atoms with Gasteiger partial charge in [0.25, 0.3) is 0 Å². The summed E-state index contributed by atoms with van der Waals surface area (Å²) in [5, 5.41) is 18.2. The lowest BCUT2D eigenvalue weighted by atomic mass is 10.2.